The summed E-state index contributed by atoms with van der Waals surface area (Å²) in [4.78, 5) is 0. The maximum Gasteiger partial charge on any atom is -0.0178 e. The summed E-state index contributed by atoms with van der Waals surface area (Å²) in [6.07, 6.45) is 10.3. The first-order valence-corrected chi connectivity index (χ1v) is 6.08. The Kier molecular flexibility index (Phi) is 2.70. The minimum Gasteiger partial charge on any atom is -0.0985 e. The van der Waals surface area contributed by atoms with Crippen LogP contribution in [-0.4, -0.2) is 0 Å². The van der Waals surface area contributed by atoms with Crippen LogP contribution in [0.15, 0.2) is 49.0 Å². The molecule has 0 nitrogen and oxygen atoms in total. The largest absolute Gasteiger partial charge is 0.0985 e. The van der Waals surface area contributed by atoms with Gasteiger partial charge in [-0.15, -0.1) is 0 Å². The molecule has 0 saturated carbocycles. The molecule has 86 valence electrons. The van der Waals surface area contributed by atoms with Crippen molar-refractivity contribution in [2.24, 2.45) is 0 Å². The third-order valence-electron chi connectivity index (χ3n) is 3.23. The van der Waals surface area contributed by atoms with Crippen LogP contribution in [0, 0.1) is 0 Å². The molecular weight excluding hydrogens is 216 g/mol. The number of rotatable bonds is 1. The van der Waals surface area contributed by atoms with Crippen molar-refractivity contribution >= 4 is 30.4 Å². The molecule has 0 unspecified atom stereocenters. The lowest BCUT2D eigenvalue weighted by atomic mass is 9.96. The van der Waals surface area contributed by atoms with Crippen molar-refractivity contribution in [3.05, 3.63) is 76.9 Å². The average molecular weight is 230 g/mol. The van der Waals surface area contributed by atoms with Crippen molar-refractivity contribution in [3.63, 3.8) is 0 Å². The summed E-state index contributed by atoms with van der Waals surface area (Å²) in [5.74, 6) is 0. The second kappa shape index (κ2) is 4.50. The first-order chi connectivity index (χ1) is 8.86. The zero-order chi connectivity index (χ0) is 12.4. The normalized spacial score (nSPS) is 12.2. The Morgan fingerprint density at radius 3 is 1.61 bits per heavy atom. The summed E-state index contributed by atoms with van der Waals surface area (Å²) >= 11 is 0. The van der Waals surface area contributed by atoms with E-state index in [1.165, 1.54) is 27.8 Å². The third kappa shape index (κ3) is 1.93. The van der Waals surface area contributed by atoms with E-state index in [4.69, 9.17) is 0 Å². The van der Waals surface area contributed by atoms with E-state index in [0.29, 0.717) is 0 Å². The molecule has 0 aliphatic heterocycles. The summed E-state index contributed by atoms with van der Waals surface area (Å²) < 4.78 is 0. The lowest BCUT2D eigenvalue weighted by molar-refractivity contribution is 1.55. The predicted molar refractivity (Wildman–Crippen MR) is 80.8 cm³/mol. The summed E-state index contributed by atoms with van der Waals surface area (Å²) in [5, 5.41) is 0. The van der Waals surface area contributed by atoms with Crippen molar-refractivity contribution in [1.29, 1.82) is 0 Å². The zero-order valence-corrected chi connectivity index (χ0v) is 10.1. The fourth-order valence-corrected chi connectivity index (χ4v) is 2.00. The Balaban J connectivity index is 0.000000114. The van der Waals surface area contributed by atoms with Crippen LogP contribution in [0.1, 0.15) is 27.8 Å². The molecule has 2 aromatic rings. The fraction of sp³-hybridized carbons (Fsp3) is 0. The van der Waals surface area contributed by atoms with Gasteiger partial charge in [-0.25, -0.2) is 0 Å². The zero-order valence-electron chi connectivity index (χ0n) is 10.1. The highest BCUT2D eigenvalue weighted by molar-refractivity contribution is 5.86. The SMILES string of the molecule is C1=Cc2ccccc21.C=Cc1ccc2c(c1)C=C2. The molecule has 0 fully saturated rings. The Labute approximate surface area is 108 Å². The Morgan fingerprint density at radius 2 is 1.22 bits per heavy atom. The molecule has 0 radical (unpaired) electrons. The summed E-state index contributed by atoms with van der Waals surface area (Å²) in [6.45, 7) is 3.70. The van der Waals surface area contributed by atoms with E-state index in [9.17, 15) is 0 Å². The summed E-state index contributed by atoms with van der Waals surface area (Å²) in [5.41, 5.74) is 6.60. The van der Waals surface area contributed by atoms with E-state index < -0.39 is 0 Å². The van der Waals surface area contributed by atoms with Crippen LogP contribution in [0.4, 0.5) is 0 Å². The van der Waals surface area contributed by atoms with Gasteiger partial charge in [0.25, 0.3) is 0 Å². The van der Waals surface area contributed by atoms with E-state index in [1.807, 2.05) is 6.08 Å². The molecule has 0 spiro atoms. The van der Waals surface area contributed by atoms with Gasteiger partial charge in [0.1, 0.15) is 0 Å². The third-order valence-corrected chi connectivity index (χ3v) is 3.23. The van der Waals surface area contributed by atoms with Gasteiger partial charge < -0.3 is 0 Å². The van der Waals surface area contributed by atoms with E-state index in [2.05, 4.69) is 73.3 Å². The molecule has 4 rings (SSSR count). The van der Waals surface area contributed by atoms with Crippen LogP contribution < -0.4 is 0 Å². The summed E-state index contributed by atoms with van der Waals surface area (Å²) in [7, 11) is 0. The lowest BCUT2D eigenvalue weighted by Crippen LogP contribution is -1.88. The van der Waals surface area contributed by atoms with Crippen LogP contribution in [-0.2, 0) is 0 Å². The van der Waals surface area contributed by atoms with Gasteiger partial charge in [-0.2, -0.15) is 0 Å². The molecule has 2 aromatic carbocycles. The van der Waals surface area contributed by atoms with Gasteiger partial charge in [-0.1, -0.05) is 73.4 Å². The summed E-state index contributed by atoms with van der Waals surface area (Å²) in [6, 6.07) is 14.7. The molecule has 0 saturated heterocycles. The van der Waals surface area contributed by atoms with Crippen LogP contribution in [0.25, 0.3) is 30.4 Å². The average Bonchev–Trinajstić information content (AvgIpc) is 2.34. The van der Waals surface area contributed by atoms with Gasteiger partial charge in [0.2, 0.25) is 0 Å². The van der Waals surface area contributed by atoms with Crippen molar-refractivity contribution in [2.45, 2.75) is 0 Å². The van der Waals surface area contributed by atoms with Gasteiger partial charge in [0.05, 0.1) is 0 Å². The van der Waals surface area contributed by atoms with E-state index in [0.717, 1.165) is 0 Å². The van der Waals surface area contributed by atoms with Gasteiger partial charge in [0.15, 0.2) is 0 Å². The van der Waals surface area contributed by atoms with Crippen LogP contribution in [0.2, 0.25) is 0 Å². The molecule has 2 aliphatic rings. The van der Waals surface area contributed by atoms with Crippen molar-refractivity contribution in [1.82, 2.24) is 0 Å². The lowest BCUT2D eigenvalue weighted by Gasteiger charge is -2.09. The minimum absolute atomic E-state index is 1.20. The molecule has 0 aromatic heterocycles. The number of hydrogen-bond donors (Lipinski definition) is 0. The van der Waals surface area contributed by atoms with Crippen molar-refractivity contribution in [2.75, 3.05) is 0 Å². The standard InChI is InChI=1S/C10H8.C8H6/c1-2-8-3-4-9-5-6-10(9)7-8;1-2-4-8-6-5-7(8)3-1/h2-7H,1H2;1-6H. The number of fused-ring (bicyclic) bond motifs is 2. The smallest absolute Gasteiger partial charge is 0.0178 e. The Hall–Kier alpha value is -2.34. The maximum atomic E-state index is 3.70. The van der Waals surface area contributed by atoms with Crippen molar-refractivity contribution < 1.29 is 0 Å². The van der Waals surface area contributed by atoms with Crippen LogP contribution >= 0.6 is 0 Å². The molecule has 18 heavy (non-hydrogen) atoms. The maximum absolute atomic E-state index is 3.70. The molecule has 0 heterocycles. The second-order valence-electron chi connectivity index (χ2n) is 4.39. The van der Waals surface area contributed by atoms with Gasteiger partial charge >= 0.3 is 0 Å². The molecule has 0 heteroatoms. The molecule has 0 bridgehead atoms. The Bertz CT molecular complexity index is 632. The first kappa shape index (κ1) is 10.8. The van der Waals surface area contributed by atoms with Crippen LogP contribution in [0.3, 0.4) is 0 Å². The fourth-order valence-electron chi connectivity index (χ4n) is 2.00. The quantitative estimate of drug-likeness (QED) is 0.432. The Morgan fingerprint density at radius 1 is 0.667 bits per heavy atom. The van der Waals surface area contributed by atoms with Gasteiger partial charge in [0, 0.05) is 0 Å². The monoisotopic (exact) mass is 230 g/mol. The molecule has 0 N–H and O–H groups in total. The highest BCUT2D eigenvalue weighted by Crippen LogP contribution is 2.24. The molecular formula is C18H14. The first-order valence-electron chi connectivity index (χ1n) is 6.08. The number of benzene rings is 2. The minimum atomic E-state index is 1.20. The van der Waals surface area contributed by atoms with Gasteiger partial charge in [-0.05, 0) is 33.9 Å². The molecule has 0 amide bonds. The van der Waals surface area contributed by atoms with Crippen LogP contribution in [0.5, 0.6) is 0 Å². The molecule has 0 atom stereocenters. The van der Waals surface area contributed by atoms with Crippen molar-refractivity contribution in [3.8, 4) is 0 Å². The number of hydrogen-bond acceptors (Lipinski definition) is 0. The highest BCUT2D eigenvalue weighted by Gasteiger charge is 2.03. The predicted octanol–water partition coefficient (Wildman–Crippen LogP) is 4.98. The molecule has 2 aliphatic carbocycles. The van der Waals surface area contributed by atoms with E-state index in [-0.39, 0.29) is 0 Å². The van der Waals surface area contributed by atoms with E-state index in [1.54, 1.807) is 0 Å². The van der Waals surface area contributed by atoms with Gasteiger partial charge in [-0.3, -0.25) is 0 Å². The van der Waals surface area contributed by atoms with E-state index >= 15 is 0 Å². The topological polar surface area (TPSA) is 0 Å². The highest BCUT2D eigenvalue weighted by atomic mass is 14.1. The second-order valence-corrected chi connectivity index (χ2v) is 4.39.